The predicted octanol–water partition coefficient (Wildman–Crippen LogP) is 8.90. The molecule has 10 rings (SSSR count). The number of nitro groups is 1. The number of rotatable bonds is 13. The second-order valence-corrected chi connectivity index (χ2v) is 20.5. The van der Waals surface area contributed by atoms with E-state index in [0.717, 1.165) is 94.8 Å². The first kappa shape index (κ1) is 40.4. The average Bonchev–Trinajstić information content (AvgIpc) is 3.68. The van der Waals surface area contributed by atoms with Gasteiger partial charge in [-0.15, -0.1) is 0 Å². The number of halogens is 1. The van der Waals surface area contributed by atoms with E-state index in [1.807, 2.05) is 6.07 Å². The summed E-state index contributed by atoms with van der Waals surface area (Å²) in [6.45, 7) is 9.25. The number of sulfonamides is 1. The van der Waals surface area contributed by atoms with Gasteiger partial charge in [0.25, 0.3) is 21.6 Å². The monoisotopic (exact) mass is 839 g/mol. The molecule has 0 unspecified atom stereocenters. The van der Waals surface area contributed by atoms with Crippen LogP contribution in [0.25, 0.3) is 11.0 Å². The number of anilines is 2. The number of allylic oxidation sites excluding steroid dienone is 1. The van der Waals surface area contributed by atoms with Crippen molar-refractivity contribution in [3.8, 4) is 11.5 Å². The highest BCUT2D eigenvalue weighted by Crippen LogP contribution is 2.74. The molecule has 4 saturated carbocycles. The maximum absolute atomic E-state index is 14.7. The summed E-state index contributed by atoms with van der Waals surface area (Å²) in [5, 5.41) is 16.0. The molecule has 0 spiro atoms. The van der Waals surface area contributed by atoms with Crippen LogP contribution in [-0.4, -0.2) is 79.1 Å². The highest BCUT2D eigenvalue weighted by Gasteiger charge is 2.70. The first-order valence-electron chi connectivity index (χ1n) is 21.4. The largest absolute Gasteiger partial charge is 0.455 e. The van der Waals surface area contributed by atoms with Gasteiger partial charge in [0, 0.05) is 74.1 Å². The number of benzene rings is 2. The maximum atomic E-state index is 14.7. The number of ether oxygens (including phenoxy) is 1. The third-order valence-electron chi connectivity index (χ3n) is 13.8. The summed E-state index contributed by atoms with van der Waals surface area (Å²) >= 11 is 0. The number of alkyl halides is 1. The van der Waals surface area contributed by atoms with Crippen molar-refractivity contribution in [3.05, 3.63) is 87.7 Å². The lowest BCUT2D eigenvalue weighted by atomic mass is 9.38. The Hall–Kier alpha value is -5.02. The number of nitrogens with zero attached hydrogens (tertiary/aromatic N) is 4. The van der Waals surface area contributed by atoms with E-state index >= 15 is 0 Å². The zero-order chi connectivity index (χ0) is 41.9. The van der Waals surface area contributed by atoms with Crippen LogP contribution in [0.15, 0.2) is 77.0 Å². The van der Waals surface area contributed by atoms with Gasteiger partial charge in [0.2, 0.25) is 0 Å². The summed E-state index contributed by atoms with van der Waals surface area (Å²) in [4.78, 5) is 37.1. The number of nitrogens with one attached hydrogen (secondary N) is 3. The Morgan fingerprint density at radius 3 is 2.53 bits per heavy atom. The first-order valence-corrected chi connectivity index (χ1v) is 22.9. The Balaban J connectivity index is 0.922. The van der Waals surface area contributed by atoms with Crippen LogP contribution < -0.4 is 19.7 Å². The van der Waals surface area contributed by atoms with Gasteiger partial charge in [-0.25, -0.2) is 22.5 Å². The second kappa shape index (κ2) is 15.5. The molecule has 2 bridgehead atoms. The average molecular weight is 840 g/mol. The van der Waals surface area contributed by atoms with Crippen LogP contribution in [0, 0.1) is 26.9 Å². The smallest absolute Gasteiger partial charge is 0.293 e. The molecule has 0 radical (unpaired) electrons. The highest BCUT2D eigenvalue weighted by molar-refractivity contribution is 7.90. The Morgan fingerprint density at radius 2 is 1.80 bits per heavy atom. The molecule has 1 aliphatic heterocycles. The van der Waals surface area contributed by atoms with Crippen molar-refractivity contribution in [1.82, 2.24) is 19.6 Å². The summed E-state index contributed by atoms with van der Waals surface area (Å²) < 4.78 is 50.4. The number of aromatic nitrogens is 2. The summed E-state index contributed by atoms with van der Waals surface area (Å²) in [7, 11) is -4.54. The number of nitro benzene ring substituents is 1. The second-order valence-electron chi connectivity index (χ2n) is 18.8. The zero-order valence-corrected chi connectivity index (χ0v) is 35.2. The zero-order valence-electron chi connectivity index (χ0n) is 34.4. The van der Waals surface area contributed by atoms with E-state index in [0.29, 0.717) is 43.1 Å². The number of carbonyl (C=O) groups excluding carboxylic acids is 1. The van der Waals surface area contributed by atoms with Gasteiger partial charge >= 0.3 is 0 Å². The lowest BCUT2D eigenvalue weighted by Gasteiger charge is -2.68. The molecule has 1 amide bonds. The molecule has 5 aliphatic carbocycles. The number of aromatic amines is 1. The Bertz CT molecular complexity index is 2450. The van der Waals surface area contributed by atoms with Crippen molar-refractivity contribution >= 4 is 44.0 Å². The third-order valence-corrected chi connectivity index (χ3v) is 15.1. The number of piperazine rings is 1. The molecule has 2 aromatic carbocycles. The maximum Gasteiger partial charge on any atom is 0.293 e. The van der Waals surface area contributed by atoms with E-state index in [2.05, 4.69) is 43.7 Å². The molecule has 15 heteroatoms. The minimum atomic E-state index is -4.54. The SMILES string of the molecule is CC1(C)CCC(CN2CCN(c3ccc(C(=O)NS(=O)(=O)c4ccc(NCC5CCCCC5)c([N+](=O)[O-])c4)c(Oc4cnc5[nH]ccc5c4)c3)CC2)=C(C23CC(F)(C2)C3)C1. The number of hydrogen-bond acceptors (Lipinski definition) is 10. The number of carbonyl (C=O) groups is 1. The van der Waals surface area contributed by atoms with Gasteiger partial charge in [0.1, 0.15) is 28.5 Å². The van der Waals surface area contributed by atoms with Crippen molar-refractivity contribution < 1.29 is 27.3 Å². The molecule has 3 N–H and O–H groups in total. The van der Waals surface area contributed by atoms with E-state index < -0.39 is 31.4 Å². The molecule has 318 valence electrons. The summed E-state index contributed by atoms with van der Waals surface area (Å²) in [5.74, 6) is -0.0531. The molecule has 60 heavy (non-hydrogen) atoms. The standard InChI is InChI=1S/C45H54FN7O6S/c1-43(2)14-12-32(37(23-43)44-27-45(46,28-44)29-44)26-51-16-18-52(19-17-51)33-8-10-36(40(21-33)59-34-20-31-13-15-47-41(31)49-25-34)42(54)50-60(57,58)35-9-11-38(39(22-35)53(55)56)48-24-30-6-4-3-5-7-30/h8-11,13,15,20-22,25,30,48H,3-7,12,14,16-19,23-24,26-29H2,1-2H3,(H,47,49)(H,50,54). The van der Waals surface area contributed by atoms with Crippen LogP contribution in [0.4, 0.5) is 21.5 Å². The topological polar surface area (TPSA) is 163 Å². The fourth-order valence-corrected chi connectivity index (χ4v) is 11.4. The molecular weight excluding hydrogens is 786 g/mol. The molecule has 6 aliphatic rings. The Labute approximate surface area is 350 Å². The molecule has 0 atom stereocenters. The van der Waals surface area contributed by atoms with Crippen molar-refractivity contribution in [1.29, 1.82) is 0 Å². The van der Waals surface area contributed by atoms with Crippen LogP contribution >= 0.6 is 0 Å². The van der Waals surface area contributed by atoms with Crippen LogP contribution in [0.5, 0.6) is 11.5 Å². The van der Waals surface area contributed by atoms with E-state index in [1.54, 1.807) is 30.5 Å². The van der Waals surface area contributed by atoms with Gasteiger partial charge in [0.15, 0.2) is 0 Å². The minimum absolute atomic E-state index is 0.0289. The number of hydrogen-bond donors (Lipinski definition) is 3. The van der Waals surface area contributed by atoms with Crippen LogP contribution in [0.2, 0.25) is 0 Å². The summed E-state index contributed by atoms with van der Waals surface area (Å²) in [6, 6.07) is 12.3. The lowest BCUT2D eigenvalue weighted by Crippen LogP contribution is -2.65. The van der Waals surface area contributed by atoms with Gasteiger partial charge in [-0.3, -0.25) is 19.8 Å². The van der Waals surface area contributed by atoms with Crippen molar-refractivity contribution in [2.24, 2.45) is 16.7 Å². The number of H-pyrrole nitrogens is 1. The lowest BCUT2D eigenvalue weighted by molar-refractivity contribution is -0.384. The van der Waals surface area contributed by atoms with Gasteiger partial charge < -0.3 is 19.9 Å². The van der Waals surface area contributed by atoms with Crippen LogP contribution in [-0.2, 0) is 10.0 Å². The molecule has 3 heterocycles. The normalized spacial score (nSPS) is 24.4. The van der Waals surface area contributed by atoms with Crippen molar-refractivity contribution in [2.45, 2.75) is 95.0 Å². The fourth-order valence-electron chi connectivity index (χ4n) is 10.4. The quantitative estimate of drug-likeness (QED) is 0.0673. The van der Waals surface area contributed by atoms with E-state index in [4.69, 9.17) is 4.74 Å². The molecule has 4 aromatic rings. The van der Waals surface area contributed by atoms with Crippen molar-refractivity contribution in [3.63, 3.8) is 0 Å². The minimum Gasteiger partial charge on any atom is -0.455 e. The molecular formula is C45H54FN7O6S. The van der Waals surface area contributed by atoms with E-state index in [1.165, 1.54) is 35.9 Å². The van der Waals surface area contributed by atoms with Gasteiger partial charge in [-0.05, 0) is 99.1 Å². The van der Waals surface area contributed by atoms with Gasteiger partial charge in [0.05, 0.1) is 21.6 Å². The third kappa shape index (κ3) is 8.09. The molecule has 5 fully saturated rings. The summed E-state index contributed by atoms with van der Waals surface area (Å²) in [5.41, 5.74) is 3.74. The van der Waals surface area contributed by atoms with Crippen LogP contribution in [0.3, 0.4) is 0 Å². The van der Waals surface area contributed by atoms with Gasteiger partial charge in [-0.2, -0.15) is 0 Å². The Kier molecular flexibility index (Phi) is 10.4. The number of pyridine rings is 1. The first-order chi connectivity index (χ1) is 28.7. The van der Waals surface area contributed by atoms with Gasteiger partial charge in [-0.1, -0.05) is 44.3 Å². The Morgan fingerprint density at radius 1 is 1.03 bits per heavy atom. The fraction of sp³-hybridized carbons (Fsp3) is 0.511. The highest BCUT2D eigenvalue weighted by atomic mass is 32.2. The van der Waals surface area contributed by atoms with E-state index in [9.17, 15) is 27.7 Å². The van der Waals surface area contributed by atoms with Crippen molar-refractivity contribution in [2.75, 3.05) is 49.5 Å². The number of amides is 1. The molecule has 2 aromatic heterocycles. The summed E-state index contributed by atoms with van der Waals surface area (Å²) in [6.07, 6.45) is 14.2. The predicted molar refractivity (Wildman–Crippen MR) is 229 cm³/mol. The molecule has 13 nitrogen and oxygen atoms in total. The number of fused-ring (bicyclic) bond motifs is 1. The van der Waals surface area contributed by atoms with E-state index in [-0.39, 0.29) is 33.5 Å². The molecule has 1 saturated heterocycles. The van der Waals surface area contributed by atoms with Crippen LogP contribution in [0.1, 0.15) is 94.8 Å².